The fraction of sp³-hybridized carbons (Fsp3) is 0.182. The maximum Gasteiger partial charge on any atom is 0.295 e. The molecule has 19 heavy (non-hydrogen) atoms. The second kappa shape index (κ2) is 5.62. The van der Waals surface area contributed by atoms with Crippen LogP contribution < -0.4 is 5.32 Å². The van der Waals surface area contributed by atoms with E-state index in [-0.39, 0.29) is 15.8 Å². The summed E-state index contributed by atoms with van der Waals surface area (Å²) < 4.78 is 13.5. The minimum absolute atomic E-state index is 0.182. The number of halogens is 2. The number of hydrogen-bond donors (Lipinski definition) is 1. The molecular formula is C11H9BrFN3O2S. The zero-order valence-electron chi connectivity index (χ0n) is 9.81. The lowest BCUT2D eigenvalue weighted by molar-refractivity contribution is -0.384. The fourth-order valence-electron chi connectivity index (χ4n) is 1.50. The first kappa shape index (κ1) is 13.9. The number of nitrogens with zero attached hydrogens (tertiary/aromatic N) is 2. The molecule has 0 saturated heterocycles. The number of aryl methyl sites for hydroxylation is 1. The van der Waals surface area contributed by atoms with Crippen molar-refractivity contribution in [2.24, 2.45) is 0 Å². The molecule has 0 aliphatic carbocycles. The van der Waals surface area contributed by atoms with Crippen LogP contribution in [0.15, 0.2) is 22.8 Å². The van der Waals surface area contributed by atoms with Crippen LogP contribution >= 0.6 is 27.3 Å². The van der Waals surface area contributed by atoms with E-state index in [1.165, 1.54) is 17.4 Å². The van der Waals surface area contributed by atoms with Crippen LogP contribution in [0.2, 0.25) is 0 Å². The highest BCUT2D eigenvalue weighted by molar-refractivity contribution is 9.10. The molecule has 0 spiro atoms. The quantitative estimate of drug-likeness (QED) is 0.674. The Morgan fingerprint density at radius 3 is 2.89 bits per heavy atom. The highest BCUT2D eigenvalue weighted by Crippen LogP contribution is 2.31. The Morgan fingerprint density at radius 2 is 2.32 bits per heavy atom. The molecule has 0 aliphatic heterocycles. The van der Waals surface area contributed by atoms with Crippen molar-refractivity contribution in [3.63, 3.8) is 0 Å². The highest BCUT2D eigenvalue weighted by Gasteiger charge is 2.17. The lowest BCUT2D eigenvalue weighted by Crippen LogP contribution is -2.02. The van der Waals surface area contributed by atoms with Crippen LogP contribution in [0.5, 0.6) is 0 Å². The van der Waals surface area contributed by atoms with E-state index in [9.17, 15) is 14.5 Å². The zero-order valence-corrected chi connectivity index (χ0v) is 12.2. The van der Waals surface area contributed by atoms with E-state index >= 15 is 0 Å². The monoisotopic (exact) mass is 345 g/mol. The Morgan fingerprint density at radius 1 is 1.58 bits per heavy atom. The molecular weight excluding hydrogens is 337 g/mol. The van der Waals surface area contributed by atoms with Gasteiger partial charge in [-0.25, -0.2) is 9.37 Å². The van der Waals surface area contributed by atoms with Crippen molar-refractivity contribution in [3.05, 3.63) is 48.6 Å². The van der Waals surface area contributed by atoms with Gasteiger partial charge in [-0.2, -0.15) is 0 Å². The molecule has 1 N–H and O–H groups in total. The largest absolute Gasteiger partial charge is 0.375 e. The van der Waals surface area contributed by atoms with E-state index in [2.05, 4.69) is 26.2 Å². The van der Waals surface area contributed by atoms with Gasteiger partial charge in [0.1, 0.15) is 11.5 Å². The second-order valence-electron chi connectivity index (χ2n) is 3.74. The van der Waals surface area contributed by atoms with Gasteiger partial charge in [0.25, 0.3) is 5.69 Å². The summed E-state index contributed by atoms with van der Waals surface area (Å²) in [4.78, 5) is 15.3. The van der Waals surface area contributed by atoms with Crippen LogP contribution in [-0.2, 0) is 6.54 Å². The van der Waals surface area contributed by atoms with Gasteiger partial charge in [-0.05, 0) is 28.9 Å². The number of nitrogens with one attached hydrogen (secondary N) is 1. The summed E-state index contributed by atoms with van der Waals surface area (Å²) in [6.07, 6.45) is 1.71. The van der Waals surface area contributed by atoms with Gasteiger partial charge in [0, 0.05) is 11.1 Å². The molecule has 0 aliphatic rings. The molecule has 0 saturated carbocycles. The minimum atomic E-state index is -0.661. The number of thiazole rings is 1. The van der Waals surface area contributed by atoms with Gasteiger partial charge in [0.15, 0.2) is 0 Å². The van der Waals surface area contributed by atoms with E-state index in [1.807, 2.05) is 6.92 Å². The molecule has 1 aromatic heterocycles. The van der Waals surface area contributed by atoms with Crippen molar-refractivity contribution >= 4 is 38.6 Å². The second-order valence-corrected chi connectivity index (χ2v) is 5.91. The van der Waals surface area contributed by atoms with Crippen molar-refractivity contribution in [1.29, 1.82) is 0 Å². The molecule has 8 heteroatoms. The number of rotatable bonds is 4. The molecule has 0 unspecified atom stereocenters. The van der Waals surface area contributed by atoms with Gasteiger partial charge in [-0.15, -0.1) is 11.3 Å². The topological polar surface area (TPSA) is 68.1 Å². The average molecular weight is 346 g/mol. The van der Waals surface area contributed by atoms with Crippen LogP contribution in [0.1, 0.15) is 9.88 Å². The summed E-state index contributed by atoms with van der Waals surface area (Å²) in [5.41, 5.74) is -0.0220. The van der Waals surface area contributed by atoms with Crippen molar-refractivity contribution < 1.29 is 9.31 Å². The molecule has 0 atom stereocenters. The van der Waals surface area contributed by atoms with E-state index in [0.29, 0.717) is 6.54 Å². The normalized spacial score (nSPS) is 10.5. The summed E-state index contributed by atoms with van der Waals surface area (Å²) >= 11 is 4.51. The summed E-state index contributed by atoms with van der Waals surface area (Å²) in [6, 6.07) is 2.26. The van der Waals surface area contributed by atoms with E-state index in [0.717, 1.165) is 16.0 Å². The molecule has 0 radical (unpaired) electrons. The Bertz CT molecular complexity index is 632. The molecule has 0 fully saturated rings. The van der Waals surface area contributed by atoms with Crippen LogP contribution in [0.25, 0.3) is 0 Å². The Hall–Kier alpha value is -1.54. The third-order valence-corrected chi connectivity index (χ3v) is 3.88. The van der Waals surface area contributed by atoms with Gasteiger partial charge in [0.05, 0.1) is 27.0 Å². The van der Waals surface area contributed by atoms with Crippen LogP contribution in [-0.4, -0.2) is 9.91 Å². The summed E-state index contributed by atoms with van der Waals surface area (Å²) in [7, 11) is 0. The molecule has 1 heterocycles. The van der Waals surface area contributed by atoms with E-state index in [4.69, 9.17) is 0 Å². The van der Waals surface area contributed by atoms with Gasteiger partial charge < -0.3 is 5.32 Å². The van der Waals surface area contributed by atoms with Crippen LogP contribution in [0.3, 0.4) is 0 Å². The molecule has 1 aromatic carbocycles. The standard InChI is InChI=1S/C11H9BrFN3O2S/c1-6-14-4-7(19-6)5-15-10-2-8(12)9(13)3-11(10)16(17)18/h2-4,15H,5H2,1H3. The van der Waals surface area contributed by atoms with Crippen LogP contribution in [0, 0.1) is 22.9 Å². The first-order chi connectivity index (χ1) is 8.97. The zero-order chi connectivity index (χ0) is 14.0. The van der Waals surface area contributed by atoms with Gasteiger partial charge in [0.2, 0.25) is 0 Å². The average Bonchev–Trinajstić information content (AvgIpc) is 2.76. The molecule has 0 amide bonds. The fourth-order valence-corrected chi connectivity index (χ4v) is 2.58. The lowest BCUT2D eigenvalue weighted by Gasteiger charge is -2.06. The van der Waals surface area contributed by atoms with Gasteiger partial charge in [-0.3, -0.25) is 10.1 Å². The smallest absolute Gasteiger partial charge is 0.295 e. The van der Waals surface area contributed by atoms with E-state index in [1.54, 1.807) is 6.20 Å². The molecule has 100 valence electrons. The lowest BCUT2D eigenvalue weighted by atomic mass is 10.2. The molecule has 2 rings (SSSR count). The number of nitro groups is 1. The van der Waals surface area contributed by atoms with Gasteiger partial charge in [-0.1, -0.05) is 0 Å². The predicted molar refractivity (Wildman–Crippen MR) is 74.9 cm³/mol. The highest BCUT2D eigenvalue weighted by atomic mass is 79.9. The number of nitro benzene ring substituents is 1. The minimum Gasteiger partial charge on any atom is -0.375 e. The Labute approximate surface area is 120 Å². The first-order valence-electron chi connectivity index (χ1n) is 5.26. The van der Waals surface area contributed by atoms with Crippen molar-refractivity contribution in [2.75, 3.05) is 5.32 Å². The predicted octanol–water partition coefficient (Wildman–Crippen LogP) is 3.87. The third kappa shape index (κ3) is 3.27. The van der Waals surface area contributed by atoms with Crippen molar-refractivity contribution in [2.45, 2.75) is 13.5 Å². The SMILES string of the molecule is Cc1ncc(CNc2cc(Br)c(F)cc2[N+](=O)[O-])s1. The summed E-state index contributed by atoms with van der Waals surface area (Å²) in [5, 5.41) is 14.7. The molecule has 0 bridgehead atoms. The number of hydrogen-bond acceptors (Lipinski definition) is 5. The van der Waals surface area contributed by atoms with Crippen molar-refractivity contribution in [3.8, 4) is 0 Å². The summed E-state index contributed by atoms with van der Waals surface area (Å²) in [6.45, 7) is 2.29. The van der Waals surface area contributed by atoms with E-state index < -0.39 is 10.7 Å². The van der Waals surface area contributed by atoms with Crippen molar-refractivity contribution in [1.82, 2.24) is 4.98 Å². The third-order valence-electron chi connectivity index (χ3n) is 2.36. The van der Waals surface area contributed by atoms with Crippen LogP contribution in [0.4, 0.5) is 15.8 Å². The first-order valence-corrected chi connectivity index (χ1v) is 6.87. The Balaban J connectivity index is 2.23. The molecule has 5 nitrogen and oxygen atoms in total. The van der Waals surface area contributed by atoms with Gasteiger partial charge >= 0.3 is 0 Å². The number of benzene rings is 1. The number of aromatic nitrogens is 1. The maximum atomic E-state index is 13.3. The number of anilines is 1. The summed E-state index contributed by atoms with van der Waals surface area (Å²) in [5.74, 6) is -0.661. The molecule has 2 aromatic rings. The Kier molecular flexibility index (Phi) is 4.11. The maximum absolute atomic E-state index is 13.3.